The van der Waals surface area contributed by atoms with Crippen LogP contribution in [0.2, 0.25) is 0 Å². The molecule has 136 valence electrons. The van der Waals surface area contributed by atoms with Crippen LogP contribution in [0.4, 0.5) is 0 Å². The molecule has 0 fully saturated rings. The molecule has 0 saturated carbocycles. The summed E-state index contributed by atoms with van der Waals surface area (Å²) < 4.78 is 9.90. The first-order valence-electron chi connectivity index (χ1n) is 8.28. The van der Waals surface area contributed by atoms with Gasteiger partial charge in [-0.1, -0.05) is 26.2 Å². The molecule has 0 rings (SSSR count). The molecule has 0 saturated heterocycles. The van der Waals surface area contributed by atoms with Crippen molar-refractivity contribution in [3.8, 4) is 0 Å². The van der Waals surface area contributed by atoms with Gasteiger partial charge in [-0.05, 0) is 25.7 Å². The lowest BCUT2D eigenvalue weighted by molar-refractivity contribution is -0.148. The highest BCUT2D eigenvalue weighted by Crippen LogP contribution is 2.09. The van der Waals surface area contributed by atoms with E-state index in [1.807, 2.05) is 6.92 Å². The van der Waals surface area contributed by atoms with Gasteiger partial charge >= 0.3 is 11.9 Å². The fourth-order valence-corrected chi connectivity index (χ4v) is 1.98. The van der Waals surface area contributed by atoms with Gasteiger partial charge in [0.25, 0.3) is 0 Å². The Morgan fingerprint density at radius 3 is 2.22 bits per heavy atom. The maximum Gasteiger partial charge on any atom is 0.329 e. The molecule has 0 aliphatic heterocycles. The number of carboxylic acid groups (broad SMARTS) is 1. The Bertz CT molecular complexity index is 320. The van der Waals surface area contributed by atoms with Crippen molar-refractivity contribution >= 4 is 11.9 Å². The molecule has 0 spiro atoms. The number of hydrogen-bond donors (Lipinski definition) is 3. The number of hydrogen-bond acceptors (Lipinski definition) is 6. The van der Waals surface area contributed by atoms with E-state index in [-0.39, 0.29) is 19.6 Å². The van der Waals surface area contributed by atoms with Gasteiger partial charge in [0, 0.05) is 6.61 Å². The zero-order valence-electron chi connectivity index (χ0n) is 13.9. The van der Waals surface area contributed by atoms with E-state index in [0.717, 1.165) is 32.1 Å². The first-order valence-corrected chi connectivity index (χ1v) is 8.28. The van der Waals surface area contributed by atoms with Crippen molar-refractivity contribution in [2.45, 2.75) is 70.5 Å². The third-order valence-corrected chi connectivity index (χ3v) is 3.35. The Hall–Kier alpha value is -1.18. The quantitative estimate of drug-likeness (QED) is 0.307. The number of carboxylic acids is 1. The van der Waals surface area contributed by atoms with Crippen molar-refractivity contribution in [3.63, 3.8) is 0 Å². The van der Waals surface area contributed by atoms with Crippen LogP contribution in [-0.2, 0) is 19.1 Å². The van der Waals surface area contributed by atoms with Crippen LogP contribution in [0, 0.1) is 0 Å². The van der Waals surface area contributed by atoms with Crippen molar-refractivity contribution in [2.24, 2.45) is 0 Å². The zero-order valence-corrected chi connectivity index (χ0v) is 13.9. The second kappa shape index (κ2) is 14.4. The molecule has 7 nitrogen and oxygen atoms in total. The van der Waals surface area contributed by atoms with Crippen molar-refractivity contribution in [2.75, 3.05) is 19.8 Å². The normalized spacial score (nSPS) is 13.5. The van der Waals surface area contributed by atoms with Gasteiger partial charge < -0.3 is 24.8 Å². The highest BCUT2D eigenvalue weighted by molar-refractivity contribution is 5.70. The van der Waals surface area contributed by atoms with Gasteiger partial charge in [0.05, 0.1) is 25.2 Å². The minimum Gasteiger partial charge on any atom is -0.480 e. The van der Waals surface area contributed by atoms with Crippen LogP contribution < -0.4 is 0 Å². The van der Waals surface area contributed by atoms with Gasteiger partial charge in [-0.15, -0.1) is 0 Å². The molecule has 0 heterocycles. The molecular weight excluding hydrogens is 304 g/mol. The first kappa shape index (κ1) is 21.8. The summed E-state index contributed by atoms with van der Waals surface area (Å²) in [4.78, 5) is 21.7. The van der Waals surface area contributed by atoms with Gasteiger partial charge in [-0.2, -0.15) is 0 Å². The minimum absolute atomic E-state index is 0.187. The molecule has 23 heavy (non-hydrogen) atoms. The molecule has 0 radical (unpaired) electrons. The molecule has 3 N–H and O–H groups in total. The van der Waals surface area contributed by atoms with Gasteiger partial charge in [0.1, 0.15) is 6.61 Å². The van der Waals surface area contributed by atoms with Crippen molar-refractivity contribution < 1.29 is 34.4 Å². The van der Waals surface area contributed by atoms with Crippen LogP contribution in [0.3, 0.4) is 0 Å². The number of aliphatic hydroxyl groups excluding tert-OH is 2. The zero-order chi connectivity index (χ0) is 17.5. The molecule has 7 heteroatoms. The molecular formula is C16H30O7. The Kier molecular flexibility index (Phi) is 13.7. The summed E-state index contributed by atoms with van der Waals surface area (Å²) in [6.07, 6.45) is 3.28. The lowest BCUT2D eigenvalue weighted by atomic mass is 10.1. The average molecular weight is 334 g/mol. The summed E-state index contributed by atoms with van der Waals surface area (Å²) in [5.41, 5.74) is 0. The first-order chi connectivity index (χ1) is 11.0. The molecule has 0 amide bonds. The summed E-state index contributed by atoms with van der Waals surface area (Å²) in [5, 5.41) is 27.7. The molecule has 0 aromatic heterocycles. The van der Waals surface area contributed by atoms with Gasteiger partial charge in [0.2, 0.25) is 0 Å². The van der Waals surface area contributed by atoms with Crippen molar-refractivity contribution in [3.05, 3.63) is 0 Å². The van der Waals surface area contributed by atoms with Crippen molar-refractivity contribution in [1.29, 1.82) is 0 Å². The van der Waals surface area contributed by atoms with E-state index in [4.69, 9.17) is 14.6 Å². The minimum atomic E-state index is -1.07. The summed E-state index contributed by atoms with van der Waals surface area (Å²) in [7, 11) is 0. The van der Waals surface area contributed by atoms with Crippen LogP contribution in [0.25, 0.3) is 0 Å². The standard InChI is InChI=1S/C16H30O7/c1-2-3-8-13(17)14(18)11-16(21)23-10-7-5-4-6-9-22-12-15(19)20/h13-14,17-18H,2-12H2,1H3,(H,19,20). The number of carbonyl (C=O) groups excluding carboxylic acids is 1. The number of aliphatic hydroxyl groups is 2. The van der Waals surface area contributed by atoms with E-state index >= 15 is 0 Å². The molecule has 0 aromatic rings. The highest BCUT2D eigenvalue weighted by Gasteiger charge is 2.19. The van der Waals surface area contributed by atoms with E-state index in [1.54, 1.807) is 0 Å². The summed E-state index contributed by atoms with van der Waals surface area (Å²) in [6, 6.07) is 0. The summed E-state index contributed by atoms with van der Waals surface area (Å²) >= 11 is 0. The predicted molar refractivity (Wildman–Crippen MR) is 84.0 cm³/mol. The summed E-state index contributed by atoms with van der Waals surface area (Å²) in [5.74, 6) is -1.48. The molecule has 0 aliphatic carbocycles. The fraction of sp³-hybridized carbons (Fsp3) is 0.875. The number of aliphatic carboxylic acids is 1. The van der Waals surface area contributed by atoms with Crippen LogP contribution in [0.15, 0.2) is 0 Å². The Morgan fingerprint density at radius 1 is 0.957 bits per heavy atom. The van der Waals surface area contributed by atoms with Crippen LogP contribution >= 0.6 is 0 Å². The van der Waals surface area contributed by atoms with Gasteiger partial charge in [-0.25, -0.2) is 4.79 Å². The van der Waals surface area contributed by atoms with Crippen LogP contribution in [0.1, 0.15) is 58.3 Å². The van der Waals surface area contributed by atoms with E-state index in [1.165, 1.54) is 0 Å². The lowest BCUT2D eigenvalue weighted by Gasteiger charge is -2.16. The predicted octanol–water partition coefficient (Wildman–Crippen LogP) is 1.49. The topological polar surface area (TPSA) is 113 Å². The average Bonchev–Trinajstić information content (AvgIpc) is 2.50. The van der Waals surface area contributed by atoms with Gasteiger partial charge in [0.15, 0.2) is 0 Å². The maximum absolute atomic E-state index is 11.5. The van der Waals surface area contributed by atoms with E-state index in [2.05, 4.69) is 0 Å². The maximum atomic E-state index is 11.5. The van der Waals surface area contributed by atoms with Crippen molar-refractivity contribution in [1.82, 2.24) is 0 Å². The SMILES string of the molecule is CCCCC(O)C(O)CC(=O)OCCCCCCOCC(=O)O. The lowest BCUT2D eigenvalue weighted by Crippen LogP contribution is -2.29. The fourth-order valence-electron chi connectivity index (χ4n) is 1.98. The molecule has 0 aliphatic rings. The summed E-state index contributed by atoms with van der Waals surface area (Å²) in [6.45, 7) is 2.41. The largest absolute Gasteiger partial charge is 0.480 e. The van der Waals surface area contributed by atoms with E-state index in [0.29, 0.717) is 19.4 Å². The second-order valence-corrected chi connectivity index (χ2v) is 5.56. The number of carbonyl (C=O) groups is 2. The molecule has 0 bridgehead atoms. The number of esters is 1. The van der Waals surface area contributed by atoms with E-state index in [9.17, 15) is 19.8 Å². The van der Waals surface area contributed by atoms with E-state index < -0.39 is 24.1 Å². The highest BCUT2D eigenvalue weighted by atomic mass is 16.5. The number of rotatable bonds is 15. The molecule has 0 aromatic carbocycles. The monoisotopic (exact) mass is 334 g/mol. The third-order valence-electron chi connectivity index (χ3n) is 3.35. The molecule has 2 atom stereocenters. The molecule has 2 unspecified atom stereocenters. The number of unbranched alkanes of at least 4 members (excludes halogenated alkanes) is 4. The Balaban J connectivity index is 3.47. The number of ether oxygens (including phenoxy) is 2. The Labute approximate surface area is 137 Å². The van der Waals surface area contributed by atoms with Crippen LogP contribution in [0.5, 0.6) is 0 Å². The van der Waals surface area contributed by atoms with Crippen LogP contribution in [-0.4, -0.2) is 59.3 Å². The smallest absolute Gasteiger partial charge is 0.329 e. The second-order valence-electron chi connectivity index (χ2n) is 5.56. The Morgan fingerprint density at radius 2 is 1.61 bits per heavy atom. The van der Waals surface area contributed by atoms with Gasteiger partial charge in [-0.3, -0.25) is 4.79 Å². The third kappa shape index (κ3) is 14.2.